The Morgan fingerprint density at radius 2 is 1.45 bits per heavy atom. The van der Waals surface area contributed by atoms with Gasteiger partial charge in [-0.3, -0.25) is 4.18 Å². The van der Waals surface area contributed by atoms with Crippen LogP contribution in [0.25, 0.3) is 0 Å². The molecule has 0 saturated carbocycles. The Morgan fingerprint density at radius 1 is 0.955 bits per heavy atom. The lowest BCUT2D eigenvalue weighted by Crippen LogP contribution is -2.17. The summed E-state index contributed by atoms with van der Waals surface area (Å²) in [6.45, 7) is 1.43. The normalized spacial score (nSPS) is 12.7. The fourth-order valence-electron chi connectivity index (χ4n) is 2.26. The van der Waals surface area contributed by atoms with E-state index in [-0.39, 0.29) is 5.25 Å². The number of nitrogens with zero attached hydrogens (tertiary/aromatic N) is 1. The van der Waals surface area contributed by atoms with Crippen molar-refractivity contribution >= 4 is 11.1 Å². The highest BCUT2D eigenvalue weighted by molar-refractivity contribution is 7.80. The van der Waals surface area contributed by atoms with Gasteiger partial charge in [0.1, 0.15) is 5.25 Å². The Labute approximate surface area is 135 Å². The minimum absolute atomic E-state index is 0.248. The third kappa shape index (κ3) is 5.05. The van der Waals surface area contributed by atoms with Gasteiger partial charge in [-0.05, 0) is 38.2 Å². The molecule has 0 spiro atoms. The van der Waals surface area contributed by atoms with Crippen molar-refractivity contribution in [1.82, 2.24) is 4.90 Å². The lowest BCUT2D eigenvalue weighted by molar-refractivity contribution is 0.300. The quantitative estimate of drug-likeness (QED) is 0.699. The van der Waals surface area contributed by atoms with Crippen LogP contribution in [0.1, 0.15) is 22.8 Å². The van der Waals surface area contributed by atoms with Crippen molar-refractivity contribution < 1.29 is 8.39 Å². The molecule has 0 aliphatic rings. The number of rotatable bonds is 8. The molecule has 0 fully saturated rings. The molecule has 2 rings (SSSR count). The highest BCUT2D eigenvalue weighted by Crippen LogP contribution is 2.28. The molecule has 0 heterocycles. The van der Waals surface area contributed by atoms with E-state index < -0.39 is 11.1 Å². The molecular weight excluding hydrogens is 294 g/mol. The molecule has 4 heteroatoms. The van der Waals surface area contributed by atoms with Gasteiger partial charge in [0.2, 0.25) is 0 Å². The standard InChI is InChI=1S/C18H23NO2S/c1-19(2)14-9-15-21-22(20)18(16-10-5-3-6-11-16)17-12-7-4-8-13-17/h3-8,10-13,18H,9,14-15H2,1-2H3. The molecule has 0 aliphatic carbocycles. The molecule has 0 aliphatic heterocycles. The minimum atomic E-state index is -1.39. The molecule has 0 amide bonds. The van der Waals surface area contributed by atoms with Crippen LogP contribution in [0.4, 0.5) is 0 Å². The van der Waals surface area contributed by atoms with Gasteiger partial charge in [0, 0.05) is 0 Å². The first kappa shape index (κ1) is 16.9. The Bertz CT molecular complexity index is 533. The van der Waals surface area contributed by atoms with Gasteiger partial charge in [0.25, 0.3) is 0 Å². The van der Waals surface area contributed by atoms with Gasteiger partial charge in [-0.25, -0.2) is 4.21 Å². The predicted molar refractivity (Wildman–Crippen MR) is 92.0 cm³/mol. The maximum absolute atomic E-state index is 12.7. The molecule has 0 N–H and O–H groups in total. The van der Waals surface area contributed by atoms with Crippen molar-refractivity contribution in [2.24, 2.45) is 0 Å². The van der Waals surface area contributed by atoms with Crippen LogP contribution in [0.3, 0.4) is 0 Å². The topological polar surface area (TPSA) is 29.5 Å². The molecule has 1 unspecified atom stereocenters. The molecular formula is C18H23NO2S. The van der Waals surface area contributed by atoms with Crippen molar-refractivity contribution in [3.63, 3.8) is 0 Å². The molecule has 0 radical (unpaired) electrons. The SMILES string of the molecule is CN(C)CCCOS(=O)C(c1ccccc1)c1ccccc1. The van der Waals surface area contributed by atoms with E-state index in [9.17, 15) is 4.21 Å². The maximum Gasteiger partial charge on any atom is 0.167 e. The Hall–Kier alpha value is -1.49. The first-order chi connectivity index (χ1) is 10.7. The van der Waals surface area contributed by atoms with Gasteiger partial charge in [0.15, 0.2) is 11.1 Å². The summed E-state index contributed by atoms with van der Waals surface area (Å²) in [7, 11) is 4.04. The van der Waals surface area contributed by atoms with E-state index in [0.29, 0.717) is 6.61 Å². The molecule has 118 valence electrons. The summed E-state index contributed by atoms with van der Waals surface area (Å²) in [5.41, 5.74) is 2.03. The summed E-state index contributed by atoms with van der Waals surface area (Å²) in [4.78, 5) is 2.10. The predicted octanol–water partition coefficient (Wildman–Crippen LogP) is 3.41. The molecule has 0 bridgehead atoms. The summed E-state index contributed by atoms with van der Waals surface area (Å²) >= 11 is -1.39. The lowest BCUT2D eigenvalue weighted by atomic mass is 10.0. The second-order valence-electron chi connectivity index (χ2n) is 5.44. The molecule has 1 atom stereocenters. The third-order valence-corrected chi connectivity index (χ3v) is 4.67. The highest BCUT2D eigenvalue weighted by Gasteiger charge is 2.21. The van der Waals surface area contributed by atoms with Gasteiger partial charge in [0.05, 0.1) is 6.61 Å². The maximum atomic E-state index is 12.7. The Kier molecular flexibility index (Phi) is 6.77. The van der Waals surface area contributed by atoms with E-state index in [1.54, 1.807) is 0 Å². The van der Waals surface area contributed by atoms with Gasteiger partial charge < -0.3 is 4.90 Å². The fraction of sp³-hybridized carbons (Fsp3) is 0.333. The highest BCUT2D eigenvalue weighted by atomic mass is 32.2. The van der Waals surface area contributed by atoms with Gasteiger partial charge in [-0.1, -0.05) is 60.7 Å². The second kappa shape index (κ2) is 8.83. The largest absolute Gasteiger partial charge is 0.309 e. The van der Waals surface area contributed by atoms with Gasteiger partial charge in [-0.15, -0.1) is 0 Å². The van der Waals surface area contributed by atoms with E-state index >= 15 is 0 Å². The number of hydrogen-bond donors (Lipinski definition) is 0. The van der Waals surface area contributed by atoms with Crippen LogP contribution in [-0.4, -0.2) is 36.4 Å². The summed E-state index contributed by atoms with van der Waals surface area (Å²) in [6.07, 6.45) is 0.870. The average molecular weight is 317 g/mol. The summed E-state index contributed by atoms with van der Waals surface area (Å²) in [5, 5.41) is -0.248. The minimum Gasteiger partial charge on any atom is -0.309 e. The fourth-order valence-corrected chi connectivity index (χ4v) is 3.44. The van der Waals surface area contributed by atoms with Crippen molar-refractivity contribution in [3.05, 3.63) is 71.8 Å². The van der Waals surface area contributed by atoms with Crippen molar-refractivity contribution in [2.75, 3.05) is 27.2 Å². The molecule has 2 aromatic rings. The zero-order valence-corrected chi connectivity index (χ0v) is 14.0. The zero-order valence-electron chi connectivity index (χ0n) is 13.1. The van der Waals surface area contributed by atoms with Crippen LogP contribution in [-0.2, 0) is 15.3 Å². The van der Waals surface area contributed by atoms with Crippen LogP contribution in [0.2, 0.25) is 0 Å². The van der Waals surface area contributed by atoms with E-state index in [1.807, 2.05) is 74.8 Å². The smallest absolute Gasteiger partial charge is 0.167 e. The molecule has 0 saturated heterocycles. The van der Waals surface area contributed by atoms with E-state index in [2.05, 4.69) is 4.90 Å². The summed E-state index contributed by atoms with van der Waals surface area (Å²) in [6, 6.07) is 19.8. The molecule has 3 nitrogen and oxygen atoms in total. The number of benzene rings is 2. The first-order valence-corrected chi connectivity index (χ1v) is 8.61. The van der Waals surface area contributed by atoms with Crippen molar-refractivity contribution in [3.8, 4) is 0 Å². The molecule has 0 aromatic heterocycles. The Balaban J connectivity index is 2.10. The van der Waals surface area contributed by atoms with E-state index in [1.165, 1.54) is 0 Å². The van der Waals surface area contributed by atoms with Crippen molar-refractivity contribution in [2.45, 2.75) is 11.7 Å². The Morgan fingerprint density at radius 3 is 1.91 bits per heavy atom. The van der Waals surface area contributed by atoms with Crippen LogP contribution in [0.15, 0.2) is 60.7 Å². The second-order valence-corrected chi connectivity index (χ2v) is 6.67. The van der Waals surface area contributed by atoms with Crippen molar-refractivity contribution in [1.29, 1.82) is 0 Å². The zero-order chi connectivity index (χ0) is 15.8. The summed E-state index contributed by atoms with van der Waals surface area (Å²) in [5.74, 6) is 0. The van der Waals surface area contributed by atoms with Gasteiger partial charge in [-0.2, -0.15) is 0 Å². The average Bonchev–Trinajstić information content (AvgIpc) is 2.54. The number of hydrogen-bond acceptors (Lipinski definition) is 3. The third-order valence-electron chi connectivity index (χ3n) is 3.35. The summed E-state index contributed by atoms with van der Waals surface area (Å²) < 4.78 is 18.3. The van der Waals surface area contributed by atoms with E-state index in [0.717, 1.165) is 24.1 Å². The van der Waals surface area contributed by atoms with Crippen LogP contribution in [0.5, 0.6) is 0 Å². The molecule has 22 heavy (non-hydrogen) atoms. The van der Waals surface area contributed by atoms with Gasteiger partial charge >= 0.3 is 0 Å². The van der Waals surface area contributed by atoms with Crippen LogP contribution in [0, 0.1) is 0 Å². The van der Waals surface area contributed by atoms with Crippen LogP contribution >= 0.6 is 0 Å². The van der Waals surface area contributed by atoms with E-state index in [4.69, 9.17) is 4.18 Å². The van der Waals surface area contributed by atoms with Crippen LogP contribution < -0.4 is 0 Å². The molecule has 2 aromatic carbocycles. The monoisotopic (exact) mass is 317 g/mol. The first-order valence-electron chi connectivity index (χ1n) is 7.47. The lowest BCUT2D eigenvalue weighted by Gasteiger charge is -2.17.